The molecule has 0 aliphatic carbocycles. The van der Waals surface area contributed by atoms with Crippen molar-refractivity contribution in [2.24, 2.45) is 5.92 Å². The largest absolute Gasteiger partial charge is 0.414 e. The zero-order valence-electron chi connectivity index (χ0n) is 6.47. The molecular formula is C7H11F3O2. The Morgan fingerprint density at radius 2 is 1.75 bits per heavy atom. The third kappa shape index (κ3) is 2.35. The molecule has 1 atom stereocenters. The number of aliphatic hydroxyl groups is 1. The molecule has 0 radical (unpaired) electrons. The lowest BCUT2D eigenvalue weighted by atomic mass is 9.94. The van der Waals surface area contributed by atoms with Crippen LogP contribution in [-0.2, 0) is 4.74 Å². The second kappa shape index (κ2) is 3.62. The minimum Gasteiger partial charge on any atom is -0.383 e. The Bertz CT molecular complexity index is 140. The number of aliphatic hydroxyl groups excluding tert-OH is 1. The summed E-state index contributed by atoms with van der Waals surface area (Å²) in [6.07, 6.45) is -6.08. The summed E-state index contributed by atoms with van der Waals surface area (Å²) in [4.78, 5) is 0. The van der Waals surface area contributed by atoms with Crippen molar-refractivity contribution >= 4 is 0 Å². The average molecular weight is 184 g/mol. The smallest absolute Gasteiger partial charge is 0.383 e. The fourth-order valence-corrected chi connectivity index (χ4v) is 1.30. The zero-order chi connectivity index (χ0) is 9.19. The Labute approximate surface area is 68.3 Å². The van der Waals surface area contributed by atoms with Crippen LogP contribution < -0.4 is 0 Å². The summed E-state index contributed by atoms with van der Waals surface area (Å²) in [6.45, 7) is 0.635. The van der Waals surface area contributed by atoms with Gasteiger partial charge in [-0.05, 0) is 18.8 Å². The maximum Gasteiger partial charge on any atom is 0.414 e. The number of rotatable bonds is 1. The van der Waals surface area contributed by atoms with Crippen LogP contribution >= 0.6 is 0 Å². The molecule has 0 amide bonds. The molecule has 2 nitrogen and oxygen atoms in total. The molecule has 0 aromatic heterocycles. The zero-order valence-corrected chi connectivity index (χ0v) is 6.47. The maximum atomic E-state index is 11.9. The van der Waals surface area contributed by atoms with Crippen molar-refractivity contribution in [3.63, 3.8) is 0 Å². The van der Waals surface area contributed by atoms with Gasteiger partial charge in [0, 0.05) is 13.2 Å². The van der Waals surface area contributed by atoms with Crippen LogP contribution in [0.25, 0.3) is 0 Å². The van der Waals surface area contributed by atoms with Gasteiger partial charge in [0.05, 0.1) is 0 Å². The molecule has 72 valence electrons. The van der Waals surface area contributed by atoms with E-state index < -0.39 is 18.2 Å². The van der Waals surface area contributed by atoms with E-state index >= 15 is 0 Å². The molecule has 1 heterocycles. The van der Waals surface area contributed by atoms with Crippen LogP contribution in [0.5, 0.6) is 0 Å². The van der Waals surface area contributed by atoms with Crippen LogP contribution in [0.1, 0.15) is 12.8 Å². The van der Waals surface area contributed by atoms with Crippen molar-refractivity contribution in [1.82, 2.24) is 0 Å². The van der Waals surface area contributed by atoms with Crippen molar-refractivity contribution < 1.29 is 23.0 Å². The van der Waals surface area contributed by atoms with E-state index in [0.29, 0.717) is 26.1 Å². The molecule has 1 rings (SSSR count). The van der Waals surface area contributed by atoms with E-state index in [0.717, 1.165) is 0 Å². The number of hydrogen-bond donors (Lipinski definition) is 1. The standard InChI is InChI=1S/C7H11F3O2/c8-7(9,10)6(11)5-1-3-12-4-2-5/h5-6,11H,1-4H2/t6-/m0/s1. The van der Waals surface area contributed by atoms with Gasteiger partial charge in [-0.15, -0.1) is 0 Å². The predicted octanol–water partition coefficient (Wildman–Crippen LogP) is 1.34. The van der Waals surface area contributed by atoms with Crippen molar-refractivity contribution in [3.8, 4) is 0 Å². The highest BCUT2D eigenvalue weighted by atomic mass is 19.4. The molecule has 0 bridgehead atoms. The van der Waals surface area contributed by atoms with E-state index in [1.807, 2.05) is 0 Å². The van der Waals surface area contributed by atoms with Crippen LogP contribution in [0.2, 0.25) is 0 Å². The van der Waals surface area contributed by atoms with Crippen molar-refractivity contribution in [2.75, 3.05) is 13.2 Å². The van der Waals surface area contributed by atoms with Crippen LogP contribution in [0.15, 0.2) is 0 Å². The van der Waals surface area contributed by atoms with Gasteiger partial charge in [0.2, 0.25) is 0 Å². The second-order valence-electron chi connectivity index (χ2n) is 2.94. The number of ether oxygens (including phenoxy) is 1. The van der Waals surface area contributed by atoms with Crippen LogP contribution in [0.3, 0.4) is 0 Å². The van der Waals surface area contributed by atoms with Gasteiger partial charge < -0.3 is 9.84 Å². The summed E-state index contributed by atoms with van der Waals surface area (Å²) in [5.41, 5.74) is 0. The SMILES string of the molecule is O[C@@H](C1CCOCC1)C(F)(F)F. The quantitative estimate of drug-likeness (QED) is 0.666. The third-order valence-electron chi connectivity index (χ3n) is 2.05. The first kappa shape index (κ1) is 9.80. The minimum atomic E-state index is -4.48. The summed E-state index contributed by atoms with van der Waals surface area (Å²) < 4.78 is 40.7. The summed E-state index contributed by atoms with van der Waals surface area (Å²) >= 11 is 0. The Kier molecular flexibility index (Phi) is 2.95. The highest BCUT2D eigenvalue weighted by Gasteiger charge is 2.43. The van der Waals surface area contributed by atoms with Gasteiger partial charge in [0.1, 0.15) is 0 Å². The van der Waals surface area contributed by atoms with Gasteiger partial charge in [-0.1, -0.05) is 0 Å². The first-order valence-corrected chi connectivity index (χ1v) is 3.84. The Hall–Kier alpha value is -0.290. The first-order chi connectivity index (χ1) is 5.52. The Balaban J connectivity index is 2.45. The van der Waals surface area contributed by atoms with Gasteiger partial charge >= 0.3 is 6.18 Å². The molecule has 1 fully saturated rings. The molecule has 0 spiro atoms. The minimum absolute atomic E-state index is 0.292. The molecule has 0 aromatic rings. The van der Waals surface area contributed by atoms with Gasteiger partial charge in [-0.2, -0.15) is 13.2 Å². The van der Waals surface area contributed by atoms with E-state index in [1.165, 1.54) is 0 Å². The van der Waals surface area contributed by atoms with E-state index in [9.17, 15) is 13.2 Å². The highest BCUT2D eigenvalue weighted by molar-refractivity contribution is 4.77. The van der Waals surface area contributed by atoms with Crippen LogP contribution in [0.4, 0.5) is 13.2 Å². The monoisotopic (exact) mass is 184 g/mol. The number of hydrogen-bond acceptors (Lipinski definition) is 2. The lowest BCUT2D eigenvalue weighted by Gasteiger charge is -2.27. The average Bonchev–Trinajstić information content (AvgIpc) is 2.03. The summed E-state index contributed by atoms with van der Waals surface area (Å²) in [5, 5.41) is 8.83. The van der Waals surface area contributed by atoms with Gasteiger partial charge in [-0.25, -0.2) is 0 Å². The molecule has 0 aromatic carbocycles. The van der Waals surface area contributed by atoms with Crippen molar-refractivity contribution in [3.05, 3.63) is 0 Å². The predicted molar refractivity (Wildman–Crippen MR) is 35.6 cm³/mol. The van der Waals surface area contributed by atoms with Gasteiger partial charge in [0.25, 0.3) is 0 Å². The van der Waals surface area contributed by atoms with E-state index in [-0.39, 0.29) is 0 Å². The lowest BCUT2D eigenvalue weighted by molar-refractivity contribution is -0.225. The number of alkyl halides is 3. The van der Waals surface area contributed by atoms with E-state index in [4.69, 9.17) is 9.84 Å². The third-order valence-corrected chi connectivity index (χ3v) is 2.05. The number of halogens is 3. The summed E-state index contributed by atoms with van der Waals surface area (Å²) in [5.74, 6) is -0.682. The van der Waals surface area contributed by atoms with Gasteiger partial charge in [-0.3, -0.25) is 0 Å². The van der Waals surface area contributed by atoms with E-state index in [1.54, 1.807) is 0 Å². The molecular weight excluding hydrogens is 173 g/mol. The Morgan fingerprint density at radius 3 is 2.17 bits per heavy atom. The van der Waals surface area contributed by atoms with Crippen molar-refractivity contribution in [1.29, 1.82) is 0 Å². The van der Waals surface area contributed by atoms with E-state index in [2.05, 4.69) is 0 Å². The molecule has 1 N–H and O–H groups in total. The first-order valence-electron chi connectivity index (χ1n) is 3.84. The second-order valence-corrected chi connectivity index (χ2v) is 2.94. The fourth-order valence-electron chi connectivity index (χ4n) is 1.30. The molecule has 1 aliphatic rings. The normalized spacial score (nSPS) is 24.0. The van der Waals surface area contributed by atoms with Crippen molar-refractivity contribution in [2.45, 2.75) is 25.1 Å². The highest BCUT2D eigenvalue weighted by Crippen LogP contribution is 2.30. The Morgan fingerprint density at radius 1 is 1.25 bits per heavy atom. The molecule has 5 heteroatoms. The molecule has 0 saturated carbocycles. The molecule has 1 aliphatic heterocycles. The van der Waals surface area contributed by atoms with Crippen LogP contribution in [-0.4, -0.2) is 30.6 Å². The summed E-state index contributed by atoms with van der Waals surface area (Å²) in [6, 6.07) is 0. The van der Waals surface area contributed by atoms with Crippen LogP contribution in [0, 0.1) is 5.92 Å². The topological polar surface area (TPSA) is 29.5 Å². The fraction of sp³-hybridized carbons (Fsp3) is 1.00. The summed E-state index contributed by atoms with van der Waals surface area (Å²) in [7, 11) is 0. The molecule has 12 heavy (non-hydrogen) atoms. The molecule has 1 saturated heterocycles. The van der Waals surface area contributed by atoms with Gasteiger partial charge in [0.15, 0.2) is 6.10 Å². The maximum absolute atomic E-state index is 11.9. The molecule has 0 unspecified atom stereocenters. The lowest BCUT2D eigenvalue weighted by Crippen LogP contribution is -2.38.